The number of rotatable bonds is 5. The lowest BCUT2D eigenvalue weighted by Crippen LogP contribution is -2.54. The number of aliphatic hydroxyl groups is 3. The summed E-state index contributed by atoms with van der Waals surface area (Å²) in [5.74, 6) is 1.58. The third-order valence-electron chi connectivity index (χ3n) is 6.93. The van der Waals surface area contributed by atoms with Gasteiger partial charge in [-0.05, 0) is 78.3 Å². The highest BCUT2D eigenvalue weighted by Gasteiger charge is 2.44. The molecule has 0 bridgehead atoms. The third kappa shape index (κ3) is 4.30. The van der Waals surface area contributed by atoms with E-state index >= 15 is 0 Å². The van der Waals surface area contributed by atoms with E-state index in [9.17, 15) is 15.3 Å². The normalized spacial score (nSPS) is 30.3. The number of aliphatic hydroxyl groups excluding tert-OH is 3. The first-order chi connectivity index (χ1) is 15.5. The van der Waals surface area contributed by atoms with Crippen LogP contribution in [0.1, 0.15) is 65.5 Å². The minimum atomic E-state index is -1.34. The fourth-order valence-corrected chi connectivity index (χ4v) is 4.97. The van der Waals surface area contributed by atoms with Gasteiger partial charge in [0.15, 0.2) is 6.29 Å². The number of benzene rings is 2. The zero-order chi connectivity index (χ0) is 22.2. The minimum absolute atomic E-state index is 0.583. The van der Waals surface area contributed by atoms with E-state index in [0.29, 0.717) is 5.92 Å². The Bertz CT molecular complexity index is 953. The van der Waals surface area contributed by atoms with Crippen molar-refractivity contribution in [2.45, 2.75) is 75.1 Å². The average Bonchev–Trinajstić information content (AvgIpc) is 3.65. The monoisotopic (exact) mass is 440 g/mol. The van der Waals surface area contributed by atoms with Gasteiger partial charge in [-0.15, -0.1) is 0 Å². The van der Waals surface area contributed by atoms with E-state index in [1.165, 1.54) is 42.2 Å². The zero-order valence-electron chi connectivity index (χ0n) is 18.4. The van der Waals surface area contributed by atoms with Crippen LogP contribution in [0.4, 0.5) is 0 Å². The molecule has 2 aromatic rings. The van der Waals surface area contributed by atoms with Crippen LogP contribution in [0.25, 0.3) is 0 Å². The molecule has 5 atom stereocenters. The number of hydrogen-bond donors (Lipinski definition) is 3. The van der Waals surface area contributed by atoms with Gasteiger partial charge in [0.05, 0.1) is 6.61 Å². The molecule has 32 heavy (non-hydrogen) atoms. The van der Waals surface area contributed by atoms with Crippen LogP contribution >= 0.6 is 0 Å². The Morgan fingerprint density at radius 1 is 0.969 bits per heavy atom. The largest absolute Gasteiger partial charge is 0.493 e. The molecule has 0 radical (unpaired) electrons. The summed E-state index contributed by atoms with van der Waals surface area (Å²) in [6, 6.07) is 12.7. The van der Waals surface area contributed by atoms with E-state index in [-0.39, 0.29) is 0 Å². The molecule has 2 heterocycles. The van der Waals surface area contributed by atoms with Crippen molar-refractivity contribution in [1.82, 2.24) is 0 Å². The van der Waals surface area contributed by atoms with Crippen LogP contribution in [0.15, 0.2) is 36.4 Å². The first-order valence-corrected chi connectivity index (χ1v) is 11.6. The zero-order valence-corrected chi connectivity index (χ0v) is 18.4. The van der Waals surface area contributed by atoms with Crippen molar-refractivity contribution in [2.24, 2.45) is 0 Å². The van der Waals surface area contributed by atoms with E-state index in [4.69, 9.17) is 14.2 Å². The maximum atomic E-state index is 10.6. The fraction of sp³-hybridized carbons (Fsp3) is 0.538. The molecular formula is C26H32O6. The molecule has 3 N–H and O–H groups in total. The van der Waals surface area contributed by atoms with Gasteiger partial charge in [-0.3, -0.25) is 0 Å². The van der Waals surface area contributed by atoms with Crippen molar-refractivity contribution in [2.75, 3.05) is 13.7 Å². The predicted molar refractivity (Wildman–Crippen MR) is 119 cm³/mol. The minimum Gasteiger partial charge on any atom is -0.493 e. The van der Waals surface area contributed by atoms with Gasteiger partial charge in [0.25, 0.3) is 0 Å². The molecule has 0 amide bonds. The standard InChI is InChI=1S/C26H32O6/c1-30-26-24(29)22(27)23(28)25(32-26)18-8-9-20(16-6-7-16)19(14-18)13-15-5-10-21-17(12-15)4-2-3-11-31-21/h5,8-10,12,14,16,22-29H,2-4,6-7,11,13H2,1H3/t22-,23-,24+,25+,26+/m1/s1. The smallest absolute Gasteiger partial charge is 0.186 e. The van der Waals surface area contributed by atoms with E-state index in [1.807, 2.05) is 6.07 Å². The quantitative estimate of drug-likeness (QED) is 0.663. The fourth-order valence-electron chi connectivity index (χ4n) is 4.97. The first-order valence-electron chi connectivity index (χ1n) is 11.6. The molecule has 1 aliphatic carbocycles. The van der Waals surface area contributed by atoms with Gasteiger partial charge in [0.2, 0.25) is 0 Å². The summed E-state index contributed by atoms with van der Waals surface area (Å²) in [5, 5.41) is 31.0. The second-order valence-electron chi connectivity index (χ2n) is 9.29. The highest BCUT2D eigenvalue weighted by molar-refractivity contribution is 5.44. The van der Waals surface area contributed by atoms with Crippen molar-refractivity contribution < 1.29 is 29.5 Å². The Morgan fingerprint density at radius 3 is 2.59 bits per heavy atom. The molecule has 5 rings (SSSR count). The van der Waals surface area contributed by atoms with Crippen LogP contribution in [0, 0.1) is 0 Å². The van der Waals surface area contributed by atoms with Crippen LogP contribution in [0.2, 0.25) is 0 Å². The molecule has 6 nitrogen and oxygen atoms in total. The summed E-state index contributed by atoms with van der Waals surface area (Å²) in [6.07, 6.45) is 0.825. The number of ether oxygens (including phenoxy) is 3. The van der Waals surface area contributed by atoms with Crippen LogP contribution in [-0.2, 0) is 22.3 Å². The van der Waals surface area contributed by atoms with Gasteiger partial charge >= 0.3 is 0 Å². The van der Waals surface area contributed by atoms with Gasteiger partial charge in [0.1, 0.15) is 30.2 Å². The lowest BCUT2D eigenvalue weighted by molar-refractivity contribution is -0.292. The van der Waals surface area contributed by atoms with E-state index in [2.05, 4.69) is 30.3 Å². The topological polar surface area (TPSA) is 88.4 Å². The summed E-state index contributed by atoms with van der Waals surface area (Å²) in [6.45, 7) is 0.785. The van der Waals surface area contributed by atoms with Crippen molar-refractivity contribution >= 4 is 0 Å². The molecule has 2 aromatic carbocycles. The second-order valence-corrected chi connectivity index (χ2v) is 9.29. The summed E-state index contributed by atoms with van der Waals surface area (Å²) in [5.41, 5.74) is 5.85. The molecule has 1 saturated carbocycles. The Hall–Kier alpha value is -1.96. The van der Waals surface area contributed by atoms with Crippen LogP contribution < -0.4 is 4.74 Å². The number of hydrogen-bond acceptors (Lipinski definition) is 6. The Kier molecular flexibility index (Phi) is 6.23. The number of aryl methyl sites for hydroxylation is 1. The van der Waals surface area contributed by atoms with Crippen LogP contribution in [-0.4, -0.2) is 53.6 Å². The lowest BCUT2D eigenvalue weighted by atomic mass is 9.89. The molecule has 0 aromatic heterocycles. The molecule has 0 unspecified atom stereocenters. The summed E-state index contributed by atoms with van der Waals surface area (Å²) >= 11 is 0. The van der Waals surface area contributed by atoms with Crippen molar-refractivity contribution in [3.05, 3.63) is 64.2 Å². The molecular weight excluding hydrogens is 408 g/mol. The van der Waals surface area contributed by atoms with Crippen molar-refractivity contribution in [3.63, 3.8) is 0 Å². The first kappa shape index (κ1) is 21.9. The Morgan fingerprint density at radius 2 is 1.81 bits per heavy atom. The highest BCUT2D eigenvalue weighted by atomic mass is 16.7. The van der Waals surface area contributed by atoms with E-state index in [0.717, 1.165) is 43.6 Å². The van der Waals surface area contributed by atoms with Crippen LogP contribution in [0.5, 0.6) is 5.75 Å². The summed E-state index contributed by atoms with van der Waals surface area (Å²) in [4.78, 5) is 0. The Balaban J connectivity index is 1.45. The Labute approximate surface area is 188 Å². The van der Waals surface area contributed by atoms with E-state index < -0.39 is 30.7 Å². The molecule has 2 aliphatic heterocycles. The van der Waals surface area contributed by atoms with Gasteiger partial charge in [-0.25, -0.2) is 0 Å². The maximum Gasteiger partial charge on any atom is 0.186 e. The SMILES string of the molecule is CO[C@H]1O[C@@H](c2ccc(C3CC3)c(Cc3ccc4c(c3)CCCCO4)c2)[C@H](O)[C@@H](O)[C@@H]1O. The van der Waals surface area contributed by atoms with Crippen molar-refractivity contribution in [1.29, 1.82) is 0 Å². The predicted octanol–water partition coefficient (Wildman–Crippen LogP) is 3.00. The van der Waals surface area contributed by atoms with Crippen LogP contribution in [0.3, 0.4) is 0 Å². The van der Waals surface area contributed by atoms with E-state index in [1.54, 1.807) is 0 Å². The van der Waals surface area contributed by atoms with Gasteiger partial charge < -0.3 is 29.5 Å². The highest BCUT2D eigenvalue weighted by Crippen LogP contribution is 2.43. The van der Waals surface area contributed by atoms with Gasteiger partial charge in [-0.1, -0.05) is 30.3 Å². The average molecular weight is 441 g/mol. The summed E-state index contributed by atoms with van der Waals surface area (Å²) in [7, 11) is 1.42. The third-order valence-corrected chi connectivity index (χ3v) is 6.93. The molecule has 1 saturated heterocycles. The maximum absolute atomic E-state index is 10.6. The second kappa shape index (κ2) is 9.12. The number of methoxy groups -OCH3 is 1. The van der Waals surface area contributed by atoms with Gasteiger partial charge in [-0.2, -0.15) is 0 Å². The lowest BCUT2D eigenvalue weighted by Gasteiger charge is -2.40. The number of fused-ring (bicyclic) bond motifs is 1. The molecule has 0 spiro atoms. The molecule has 172 valence electrons. The molecule has 3 aliphatic rings. The molecule has 2 fully saturated rings. The van der Waals surface area contributed by atoms with Crippen molar-refractivity contribution in [3.8, 4) is 5.75 Å². The molecule has 6 heteroatoms. The summed E-state index contributed by atoms with van der Waals surface area (Å²) < 4.78 is 16.9. The van der Waals surface area contributed by atoms with Gasteiger partial charge in [0, 0.05) is 7.11 Å².